The number of aryl methyl sites for hydroxylation is 1. The smallest absolute Gasteiger partial charge is 0.260 e. The number of hydrogen-bond donors (Lipinski definition) is 1. The maximum Gasteiger partial charge on any atom is 0.260 e. The summed E-state index contributed by atoms with van der Waals surface area (Å²) in [5.74, 6) is 0.630. The summed E-state index contributed by atoms with van der Waals surface area (Å²) in [6.07, 6.45) is 1.39. The molecule has 0 saturated carbocycles. The largest absolute Gasteiger partial charge is 0.481 e. The Bertz CT molecular complexity index is 758. The van der Waals surface area contributed by atoms with E-state index in [0.29, 0.717) is 10.8 Å². The Kier molecular flexibility index (Phi) is 6.75. The van der Waals surface area contributed by atoms with Gasteiger partial charge >= 0.3 is 0 Å². The van der Waals surface area contributed by atoms with Gasteiger partial charge in [-0.15, -0.1) is 0 Å². The Hall–Kier alpha value is -2.04. The number of ether oxygens (including phenoxy) is 1. The van der Waals surface area contributed by atoms with Crippen molar-refractivity contribution in [1.29, 1.82) is 0 Å². The fourth-order valence-corrected chi connectivity index (χ4v) is 3.61. The molecule has 0 aromatic heterocycles. The maximum atomic E-state index is 12.5. The molecule has 0 bridgehead atoms. The first kappa shape index (κ1) is 19.7. The predicted octanol–water partition coefficient (Wildman–Crippen LogP) is 4.20. The summed E-state index contributed by atoms with van der Waals surface area (Å²) in [6.45, 7) is 6.66. The number of rotatable bonds is 6. The Morgan fingerprint density at radius 1 is 1.22 bits per heavy atom. The Morgan fingerprint density at radius 3 is 2.59 bits per heavy atom. The normalized spacial score (nSPS) is 16.7. The number of benzene rings is 2. The molecule has 0 radical (unpaired) electrons. The summed E-state index contributed by atoms with van der Waals surface area (Å²) in [6, 6.07) is 16.1. The summed E-state index contributed by atoms with van der Waals surface area (Å²) in [4.78, 5) is 14.9. The van der Waals surface area contributed by atoms with Crippen LogP contribution in [0.3, 0.4) is 0 Å². The quantitative estimate of drug-likeness (QED) is 0.809. The Labute approximate surface area is 166 Å². The number of nitrogens with one attached hydrogen (secondary N) is 1. The van der Waals surface area contributed by atoms with Crippen molar-refractivity contribution in [2.24, 2.45) is 0 Å². The van der Waals surface area contributed by atoms with Gasteiger partial charge in [0.1, 0.15) is 5.75 Å². The van der Waals surface area contributed by atoms with Crippen LogP contribution in [0.15, 0.2) is 48.5 Å². The Morgan fingerprint density at radius 2 is 1.93 bits per heavy atom. The van der Waals surface area contributed by atoms with E-state index in [1.54, 1.807) is 13.0 Å². The summed E-state index contributed by atoms with van der Waals surface area (Å²) in [7, 11) is 0. The van der Waals surface area contributed by atoms with Crippen LogP contribution in [0.25, 0.3) is 0 Å². The number of halogens is 1. The second-order valence-electron chi connectivity index (χ2n) is 7.21. The van der Waals surface area contributed by atoms with Crippen molar-refractivity contribution in [2.75, 3.05) is 13.1 Å². The first-order chi connectivity index (χ1) is 13.0. The van der Waals surface area contributed by atoms with E-state index in [-0.39, 0.29) is 11.9 Å². The molecule has 0 spiro atoms. The highest BCUT2D eigenvalue weighted by molar-refractivity contribution is 6.30. The minimum atomic E-state index is -0.535. The lowest BCUT2D eigenvalue weighted by Crippen LogP contribution is -2.47. The third-order valence-corrected chi connectivity index (χ3v) is 5.23. The number of carbonyl (C=O) groups is 1. The van der Waals surface area contributed by atoms with Crippen LogP contribution in [0.2, 0.25) is 5.02 Å². The third-order valence-electron chi connectivity index (χ3n) is 4.99. The summed E-state index contributed by atoms with van der Waals surface area (Å²) >= 11 is 5.97. The van der Waals surface area contributed by atoms with Crippen LogP contribution in [-0.2, 0) is 11.3 Å². The van der Waals surface area contributed by atoms with Crippen molar-refractivity contribution in [2.45, 2.75) is 45.4 Å². The molecule has 4 nitrogen and oxygen atoms in total. The first-order valence-corrected chi connectivity index (χ1v) is 9.88. The fraction of sp³-hybridized carbons (Fsp3) is 0.409. The van der Waals surface area contributed by atoms with Gasteiger partial charge in [-0.05, 0) is 56.0 Å². The lowest BCUT2D eigenvalue weighted by Gasteiger charge is -2.33. The van der Waals surface area contributed by atoms with Gasteiger partial charge in [0.2, 0.25) is 0 Å². The highest BCUT2D eigenvalue weighted by Crippen LogP contribution is 2.23. The standard InChI is InChI=1S/C22H27ClN2O2/c1-16-14-19(23)8-9-21(16)27-17(2)22(26)24-20-10-12-25(13-11-20)15-18-6-4-3-5-7-18/h3-9,14,17,20H,10-13,15H2,1-2H3,(H,24,26)/t17-/m0/s1. The number of piperidine rings is 1. The van der Waals surface area contributed by atoms with E-state index in [9.17, 15) is 4.79 Å². The van der Waals surface area contributed by atoms with E-state index in [4.69, 9.17) is 16.3 Å². The molecule has 1 saturated heterocycles. The van der Waals surface area contributed by atoms with Crippen molar-refractivity contribution >= 4 is 17.5 Å². The average molecular weight is 387 g/mol. The van der Waals surface area contributed by atoms with E-state index in [0.717, 1.165) is 38.0 Å². The molecule has 1 fully saturated rings. The van der Waals surface area contributed by atoms with Gasteiger partial charge in [-0.2, -0.15) is 0 Å². The zero-order chi connectivity index (χ0) is 19.2. The van der Waals surface area contributed by atoms with Gasteiger partial charge in [0.15, 0.2) is 6.10 Å². The highest BCUT2D eigenvalue weighted by atomic mass is 35.5. The van der Waals surface area contributed by atoms with Crippen LogP contribution in [0.5, 0.6) is 5.75 Å². The molecule has 0 unspecified atom stereocenters. The van der Waals surface area contributed by atoms with Crippen LogP contribution >= 0.6 is 11.6 Å². The molecule has 2 aromatic carbocycles. The van der Waals surface area contributed by atoms with Crippen LogP contribution in [0.1, 0.15) is 30.9 Å². The van der Waals surface area contributed by atoms with Gasteiger partial charge in [0.05, 0.1) is 0 Å². The maximum absolute atomic E-state index is 12.5. The molecule has 1 atom stereocenters. The zero-order valence-electron chi connectivity index (χ0n) is 16.0. The summed E-state index contributed by atoms with van der Waals surface area (Å²) in [5.41, 5.74) is 2.26. The number of carbonyl (C=O) groups excluding carboxylic acids is 1. The van der Waals surface area contributed by atoms with Gasteiger partial charge in [-0.25, -0.2) is 0 Å². The number of hydrogen-bond acceptors (Lipinski definition) is 3. The zero-order valence-corrected chi connectivity index (χ0v) is 16.7. The molecular weight excluding hydrogens is 360 g/mol. The average Bonchev–Trinajstić information content (AvgIpc) is 2.66. The monoisotopic (exact) mass is 386 g/mol. The molecule has 1 heterocycles. The van der Waals surface area contributed by atoms with Gasteiger partial charge < -0.3 is 10.1 Å². The van der Waals surface area contributed by atoms with Crippen molar-refractivity contribution in [3.05, 3.63) is 64.7 Å². The van der Waals surface area contributed by atoms with Crippen molar-refractivity contribution < 1.29 is 9.53 Å². The molecule has 1 aliphatic rings. The first-order valence-electron chi connectivity index (χ1n) is 9.51. The molecule has 2 aromatic rings. The fourth-order valence-electron chi connectivity index (χ4n) is 3.38. The minimum absolute atomic E-state index is 0.0640. The van der Waals surface area contributed by atoms with E-state index in [1.165, 1.54) is 5.56 Å². The number of nitrogens with zero attached hydrogens (tertiary/aromatic N) is 1. The second kappa shape index (κ2) is 9.25. The van der Waals surface area contributed by atoms with Gasteiger partial charge in [0.25, 0.3) is 5.91 Å². The predicted molar refractivity (Wildman–Crippen MR) is 109 cm³/mol. The van der Waals surface area contributed by atoms with Crippen molar-refractivity contribution in [3.63, 3.8) is 0 Å². The number of amides is 1. The number of likely N-dealkylation sites (tertiary alicyclic amines) is 1. The lowest BCUT2D eigenvalue weighted by molar-refractivity contribution is -0.128. The molecule has 1 aliphatic heterocycles. The van der Waals surface area contributed by atoms with Crippen LogP contribution in [0, 0.1) is 6.92 Å². The van der Waals surface area contributed by atoms with Crippen LogP contribution in [-0.4, -0.2) is 36.0 Å². The van der Waals surface area contributed by atoms with Gasteiger partial charge in [-0.3, -0.25) is 9.69 Å². The highest BCUT2D eigenvalue weighted by Gasteiger charge is 2.23. The molecule has 1 amide bonds. The van der Waals surface area contributed by atoms with Crippen molar-refractivity contribution in [1.82, 2.24) is 10.2 Å². The second-order valence-corrected chi connectivity index (χ2v) is 7.65. The van der Waals surface area contributed by atoms with Crippen LogP contribution in [0.4, 0.5) is 0 Å². The summed E-state index contributed by atoms with van der Waals surface area (Å²) in [5, 5.41) is 3.80. The Balaban J connectivity index is 1.44. The van der Waals surface area contributed by atoms with Gasteiger partial charge in [0, 0.05) is 30.7 Å². The SMILES string of the molecule is Cc1cc(Cl)ccc1O[C@@H](C)C(=O)NC1CCN(Cc2ccccc2)CC1. The topological polar surface area (TPSA) is 41.6 Å². The molecule has 3 rings (SSSR count). The van der Waals surface area contributed by atoms with E-state index < -0.39 is 6.10 Å². The third kappa shape index (κ3) is 5.72. The van der Waals surface area contributed by atoms with E-state index in [1.807, 2.05) is 25.1 Å². The van der Waals surface area contributed by atoms with E-state index in [2.05, 4.69) is 34.5 Å². The lowest BCUT2D eigenvalue weighted by atomic mass is 10.0. The van der Waals surface area contributed by atoms with Crippen molar-refractivity contribution in [3.8, 4) is 5.75 Å². The molecule has 5 heteroatoms. The molecule has 27 heavy (non-hydrogen) atoms. The summed E-state index contributed by atoms with van der Waals surface area (Å²) < 4.78 is 5.82. The molecule has 144 valence electrons. The molecule has 0 aliphatic carbocycles. The van der Waals surface area contributed by atoms with Gasteiger partial charge in [-0.1, -0.05) is 41.9 Å². The molecular formula is C22H27ClN2O2. The van der Waals surface area contributed by atoms with E-state index >= 15 is 0 Å². The molecule has 1 N–H and O–H groups in total. The van der Waals surface area contributed by atoms with Crippen LogP contribution < -0.4 is 10.1 Å². The minimum Gasteiger partial charge on any atom is -0.481 e.